The van der Waals surface area contributed by atoms with E-state index in [0.717, 1.165) is 24.8 Å². The van der Waals surface area contributed by atoms with Gasteiger partial charge in [0.2, 0.25) is 0 Å². The summed E-state index contributed by atoms with van der Waals surface area (Å²) in [5, 5.41) is 5.37. The molecule has 0 aromatic heterocycles. The molecular weight excluding hydrogens is 334 g/mol. The summed E-state index contributed by atoms with van der Waals surface area (Å²) < 4.78 is 5.68. The molecule has 27 heavy (non-hydrogen) atoms. The molecule has 148 valence electrons. The lowest BCUT2D eigenvalue weighted by Gasteiger charge is -2.20. The maximum atomic E-state index is 12.4. The Balaban J connectivity index is 1.82. The number of alkyl carbamates (subject to hydrolysis) is 1. The smallest absolute Gasteiger partial charge is 0.407 e. The number of ether oxygens (including phenoxy) is 1. The second kappa shape index (κ2) is 11.6. The molecule has 0 bridgehead atoms. The van der Waals surface area contributed by atoms with Crippen LogP contribution in [0.3, 0.4) is 0 Å². The van der Waals surface area contributed by atoms with Crippen LogP contribution in [0.15, 0.2) is 42.5 Å². The summed E-state index contributed by atoms with van der Waals surface area (Å²) in [5.41, 5.74) is 1.12. The van der Waals surface area contributed by atoms with Gasteiger partial charge in [-0.25, -0.2) is 4.79 Å². The third kappa shape index (κ3) is 6.89. The van der Waals surface area contributed by atoms with Crippen LogP contribution in [0.25, 0.3) is 10.8 Å². The van der Waals surface area contributed by atoms with Gasteiger partial charge in [-0.2, -0.15) is 0 Å². The van der Waals surface area contributed by atoms with Crippen LogP contribution in [0.1, 0.15) is 83.7 Å². The van der Waals surface area contributed by atoms with Gasteiger partial charge in [0.15, 0.2) is 0 Å². The molecule has 0 spiro atoms. The van der Waals surface area contributed by atoms with E-state index in [1.165, 1.54) is 42.9 Å². The minimum absolute atomic E-state index is 0.0101. The highest BCUT2D eigenvalue weighted by molar-refractivity contribution is 5.86. The van der Waals surface area contributed by atoms with E-state index in [2.05, 4.69) is 43.4 Å². The van der Waals surface area contributed by atoms with Gasteiger partial charge in [-0.15, -0.1) is 0 Å². The normalized spacial score (nSPS) is 13.3. The Bertz CT molecular complexity index is 692. The summed E-state index contributed by atoms with van der Waals surface area (Å²) >= 11 is 0. The molecule has 0 heterocycles. The first-order chi connectivity index (χ1) is 13.2. The quantitative estimate of drug-likeness (QED) is 0.427. The Kier molecular flexibility index (Phi) is 9.17. The molecule has 0 aliphatic heterocycles. The lowest BCUT2D eigenvalue weighted by molar-refractivity contribution is 0.0863. The van der Waals surface area contributed by atoms with Gasteiger partial charge in [0.25, 0.3) is 0 Å². The number of benzene rings is 2. The van der Waals surface area contributed by atoms with Crippen LogP contribution >= 0.6 is 0 Å². The van der Waals surface area contributed by atoms with Crippen LogP contribution in [-0.4, -0.2) is 12.2 Å². The highest BCUT2D eigenvalue weighted by Gasteiger charge is 2.16. The number of amides is 1. The monoisotopic (exact) mass is 369 g/mol. The maximum Gasteiger partial charge on any atom is 0.407 e. The molecule has 3 nitrogen and oxygen atoms in total. The van der Waals surface area contributed by atoms with Crippen LogP contribution in [0.4, 0.5) is 4.79 Å². The van der Waals surface area contributed by atoms with E-state index in [1.807, 2.05) is 25.1 Å². The van der Waals surface area contributed by atoms with E-state index in [1.54, 1.807) is 0 Å². The lowest BCUT2D eigenvalue weighted by Crippen LogP contribution is -2.31. The zero-order chi connectivity index (χ0) is 19.5. The maximum absolute atomic E-state index is 12.4. The van der Waals surface area contributed by atoms with E-state index in [4.69, 9.17) is 4.74 Å². The molecule has 2 aromatic carbocycles. The molecule has 2 unspecified atom stereocenters. The number of carbonyl (C=O) groups excluding carboxylic acids is 1. The molecule has 2 aromatic rings. The third-order valence-electron chi connectivity index (χ3n) is 5.23. The van der Waals surface area contributed by atoms with E-state index >= 15 is 0 Å². The van der Waals surface area contributed by atoms with Gasteiger partial charge >= 0.3 is 6.09 Å². The molecule has 0 fully saturated rings. The summed E-state index contributed by atoms with van der Waals surface area (Å²) in [7, 11) is 0. The fourth-order valence-electron chi connectivity index (χ4n) is 3.57. The van der Waals surface area contributed by atoms with Crippen LogP contribution in [0, 0.1) is 0 Å². The van der Waals surface area contributed by atoms with Crippen LogP contribution in [0.2, 0.25) is 0 Å². The zero-order valence-corrected chi connectivity index (χ0v) is 17.2. The third-order valence-corrected chi connectivity index (χ3v) is 5.23. The number of nitrogens with one attached hydrogen (secondary N) is 1. The van der Waals surface area contributed by atoms with Crippen LogP contribution < -0.4 is 5.32 Å². The molecule has 1 N–H and O–H groups in total. The molecule has 2 atom stereocenters. The highest BCUT2D eigenvalue weighted by Crippen LogP contribution is 2.24. The van der Waals surface area contributed by atoms with E-state index in [9.17, 15) is 4.79 Å². The molecule has 0 radical (unpaired) electrons. The van der Waals surface area contributed by atoms with E-state index in [-0.39, 0.29) is 18.2 Å². The number of fused-ring (bicyclic) bond motifs is 1. The predicted molar refractivity (Wildman–Crippen MR) is 114 cm³/mol. The fraction of sp³-hybridized carbons (Fsp3) is 0.542. The Hall–Kier alpha value is -2.03. The zero-order valence-electron chi connectivity index (χ0n) is 17.2. The van der Waals surface area contributed by atoms with Crippen LogP contribution in [0.5, 0.6) is 0 Å². The van der Waals surface area contributed by atoms with Gasteiger partial charge in [0, 0.05) is 0 Å². The number of carbonyl (C=O) groups is 1. The van der Waals surface area contributed by atoms with Gasteiger partial charge in [0.1, 0.15) is 6.10 Å². The van der Waals surface area contributed by atoms with Crippen molar-refractivity contribution in [3.8, 4) is 0 Å². The first-order valence-electron chi connectivity index (χ1n) is 10.6. The minimum Gasteiger partial charge on any atom is -0.446 e. The topological polar surface area (TPSA) is 38.3 Å². The van der Waals surface area contributed by atoms with Crippen molar-refractivity contribution in [3.05, 3.63) is 48.0 Å². The first kappa shape index (κ1) is 21.3. The molecule has 0 aliphatic carbocycles. The van der Waals surface area contributed by atoms with E-state index < -0.39 is 0 Å². The number of hydrogen-bond donors (Lipinski definition) is 1. The van der Waals surface area contributed by atoms with Crippen molar-refractivity contribution < 1.29 is 9.53 Å². The van der Waals surface area contributed by atoms with Crippen molar-refractivity contribution in [2.75, 3.05) is 0 Å². The van der Waals surface area contributed by atoms with Crippen LogP contribution in [-0.2, 0) is 4.74 Å². The molecule has 0 saturated carbocycles. The van der Waals surface area contributed by atoms with Crippen molar-refractivity contribution >= 4 is 16.9 Å². The summed E-state index contributed by atoms with van der Waals surface area (Å²) in [4.78, 5) is 12.4. The average molecular weight is 370 g/mol. The van der Waals surface area contributed by atoms with Gasteiger partial charge < -0.3 is 10.1 Å². The second-order valence-corrected chi connectivity index (χ2v) is 7.43. The van der Waals surface area contributed by atoms with Gasteiger partial charge in [-0.3, -0.25) is 0 Å². The Morgan fingerprint density at radius 1 is 0.963 bits per heavy atom. The van der Waals surface area contributed by atoms with Gasteiger partial charge in [-0.05, 0) is 42.5 Å². The molecule has 1 amide bonds. The summed E-state index contributed by atoms with van der Waals surface area (Å²) in [6.45, 7) is 6.33. The molecule has 3 heteroatoms. The number of unbranched alkanes of at least 4 members (excludes halogenated alkanes) is 5. The average Bonchev–Trinajstić information content (AvgIpc) is 2.69. The summed E-state index contributed by atoms with van der Waals surface area (Å²) in [6, 6.07) is 14.4. The Labute approximate surface area is 164 Å². The summed E-state index contributed by atoms with van der Waals surface area (Å²) in [6.07, 6.45) is 9.08. The second-order valence-electron chi connectivity index (χ2n) is 7.43. The predicted octanol–water partition coefficient (Wildman–Crippen LogP) is 7.16. The Morgan fingerprint density at radius 3 is 2.44 bits per heavy atom. The highest BCUT2D eigenvalue weighted by atomic mass is 16.6. The standard InChI is InChI=1S/C24H35NO2/c1-4-6-7-8-9-10-16-21(5-2)27-24(26)25-19(3)22-18-13-15-20-14-11-12-17-23(20)22/h11-15,17-19,21H,4-10,16H2,1-3H3,(H,25,26). The number of hydrogen-bond acceptors (Lipinski definition) is 2. The van der Waals surface area contributed by atoms with Crippen molar-refractivity contribution in [2.45, 2.75) is 84.3 Å². The minimum atomic E-state index is -0.312. The molecule has 2 rings (SSSR count). The lowest BCUT2D eigenvalue weighted by atomic mass is 10.00. The Morgan fingerprint density at radius 2 is 1.67 bits per heavy atom. The fourth-order valence-corrected chi connectivity index (χ4v) is 3.57. The van der Waals surface area contributed by atoms with Gasteiger partial charge in [0.05, 0.1) is 6.04 Å². The SMILES string of the molecule is CCCCCCCCC(CC)OC(=O)NC(C)c1cccc2ccccc12. The van der Waals surface area contributed by atoms with Crippen molar-refractivity contribution in [1.29, 1.82) is 0 Å². The largest absolute Gasteiger partial charge is 0.446 e. The van der Waals surface area contributed by atoms with Crippen molar-refractivity contribution in [1.82, 2.24) is 5.32 Å². The van der Waals surface area contributed by atoms with Crippen molar-refractivity contribution in [2.24, 2.45) is 0 Å². The van der Waals surface area contributed by atoms with Gasteiger partial charge in [-0.1, -0.05) is 88.4 Å². The number of rotatable bonds is 11. The van der Waals surface area contributed by atoms with E-state index in [0.29, 0.717) is 0 Å². The van der Waals surface area contributed by atoms with Crippen molar-refractivity contribution in [3.63, 3.8) is 0 Å². The molecular formula is C24H35NO2. The molecule has 0 aliphatic rings. The first-order valence-corrected chi connectivity index (χ1v) is 10.6. The molecule has 0 saturated heterocycles. The summed E-state index contributed by atoms with van der Waals surface area (Å²) in [5.74, 6) is 0.